The molecule has 0 aliphatic carbocycles. The van der Waals surface area contributed by atoms with E-state index < -0.39 is 0 Å². The largest absolute Gasteiger partial charge is 0.365 e. The SMILES string of the molecule is CC1CCC(C(=O)N2CC(CN)CCC2C)O1. The third-order valence-corrected chi connectivity index (χ3v) is 4.10. The molecular formula is C13H24N2O2. The zero-order chi connectivity index (χ0) is 12.4. The first kappa shape index (κ1) is 12.8. The summed E-state index contributed by atoms with van der Waals surface area (Å²) < 4.78 is 5.67. The van der Waals surface area contributed by atoms with E-state index in [0.717, 1.165) is 32.2 Å². The summed E-state index contributed by atoms with van der Waals surface area (Å²) in [5, 5.41) is 0. The van der Waals surface area contributed by atoms with E-state index in [4.69, 9.17) is 10.5 Å². The van der Waals surface area contributed by atoms with E-state index in [2.05, 4.69) is 6.92 Å². The van der Waals surface area contributed by atoms with E-state index in [-0.39, 0.29) is 18.1 Å². The smallest absolute Gasteiger partial charge is 0.251 e. The standard InChI is InChI=1S/C13H24N2O2/c1-9-3-5-11(7-14)8-15(9)13(16)12-6-4-10(2)17-12/h9-12H,3-8,14H2,1-2H3. The number of hydrogen-bond acceptors (Lipinski definition) is 3. The van der Waals surface area contributed by atoms with Gasteiger partial charge < -0.3 is 15.4 Å². The van der Waals surface area contributed by atoms with Crippen molar-refractivity contribution in [3.63, 3.8) is 0 Å². The van der Waals surface area contributed by atoms with Crippen LogP contribution in [0.4, 0.5) is 0 Å². The normalized spacial score (nSPS) is 38.4. The van der Waals surface area contributed by atoms with Crippen LogP contribution in [0.25, 0.3) is 0 Å². The lowest BCUT2D eigenvalue weighted by Crippen LogP contribution is -2.50. The highest BCUT2D eigenvalue weighted by atomic mass is 16.5. The maximum atomic E-state index is 12.4. The van der Waals surface area contributed by atoms with Crippen LogP contribution in [0.3, 0.4) is 0 Å². The molecule has 2 rings (SSSR count). The van der Waals surface area contributed by atoms with Crippen LogP contribution in [0.2, 0.25) is 0 Å². The Balaban J connectivity index is 1.97. The molecule has 4 heteroatoms. The molecule has 0 saturated carbocycles. The van der Waals surface area contributed by atoms with Gasteiger partial charge >= 0.3 is 0 Å². The van der Waals surface area contributed by atoms with Crippen LogP contribution in [0.15, 0.2) is 0 Å². The number of carbonyl (C=O) groups excluding carboxylic acids is 1. The summed E-state index contributed by atoms with van der Waals surface area (Å²) in [5.74, 6) is 0.647. The monoisotopic (exact) mass is 240 g/mol. The van der Waals surface area contributed by atoms with Crippen molar-refractivity contribution >= 4 is 5.91 Å². The molecule has 2 N–H and O–H groups in total. The van der Waals surface area contributed by atoms with Crippen molar-refractivity contribution < 1.29 is 9.53 Å². The van der Waals surface area contributed by atoms with Gasteiger partial charge in [-0.2, -0.15) is 0 Å². The molecule has 2 fully saturated rings. The molecule has 0 aromatic heterocycles. The molecule has 0 spiro atoms. The minimum absolute atomic E-state index is 0.181. The van der Waals surface area contributed by atoms with Gasteiger partial charge in [0, 0.05) is 12.6 Å². The topological polar surface area (TPSA) is 55.6 Å². The van der Waals surface area contributed by atoms with Crippen molar-refractivity contribution in [2.24, 2.45) is 11.7 Å². The molecule has 4 atom stereocenters. The van der Waals surface area contributed by atoms with Gasteiger partial charge in [-0.1, -0.05) is 0 Å². The molecule has 1 amide bonds. The molecule has 2 heterocycles. The molecule has 17 heavy (non-hydrogen) atoms. The second-order valence-corrected chi connectivity index (χ2v) is 5.53. The Morgan fingerprint density at radius 3 is 2.65 bits per heavy atom. The van der Waals surface area contributed by atoms with Crippen molar-refractivity contribution in [3.8, 4) is 0 Å². The molecule has 2 aliphatic heterocycles. The zero-order valence-electron chi connectivity index (χ0n) is 10.9. The Hall–Kier alpha value is -0.610. The molecule has 0 bridgehead atoms. The molecule has 2 aliphatic rings. The first-order valence-electron chi connectivity index (χ1n) is 6.77. The highest BCUT2D eigenvalue weighted by molar-refractivity contribution is 5.81. The quantitative estimate of drug-likeness (QED) is 0.787. The molecule has 0 radical (unpaired) electrons. The molecular weight excluding hydrogens is 216 g/mol. The lowest BCUT2D eigenvalue weighted by atomic mass is 9.93. The number of nitrogens with two attached hydrogens (primary N) is 1. The third-order valence-electron chi connectivity index (χ3n) is 4.10. The average Bonchev–Trinajstić information content (AvgIpc) is 2.76. The predicted octanol–water partition coefficient (Wildman–Crippen LogP) is 1.14. The Bertz CT molecular complexity index is 283. The van der Waals surface area contributed by atoms with Crippen molar-refractivity contribution in [2.45, 2.75) is 57.8 Å². The number of hydrogen-bond donors (Lipinski definition) is 1. The first-order valence-corrected chi connectivity index (χ1v) is 6.77. The summed E-state index contributed by atoms with van der Waals surface area (Å²) in [6.07, 6.45) is 4.10. The van der Waals surface area contributed by atoms with E-state index in [1.54, 1.807) is 0 Å². The van der Waals surface area contributed by atoms with Crippen LogP contribution in [-0.4, -0.2) is 42.1 Å². The fraction of sp³-hybridized carbons (Fsp3) is 0.923. The van der Waals surface area contributed by atoms with Gasteiger partial charge in [0.15, 0.2) is 0 Å². The number of rotatable bonds is 2. The molecule has 0 aromatic carbocycles. The van der Waals surface area contributed by atoms with E-state index in [9.17, 15) is 4.79 Å². The summed E-state index contributed by atoms with van der Waals surface area (Å²) in [6.45, 7) is 5.65. The van der Waals surface area contributed by atoms with Gasteiger partial charge in [0.2, 0.25) is 0 Å². The van der Waals surface area contributed by atoms with E-state index in [1.807, 2.05) is 11.8 Å². The van der Waals surface area contributed by atoms with Gasteiger partial charge in [0.1, 0.15) is 6.10 Å². The highest BCUT2D eigenvalue weighted by Crippen LogP contribution is 2.26. The van der Waals surface area contributed by atoms with Crippen molar-refractivity contribution in [1.29, 1.82) is 0 Å². The number of amides is 1. The minimum atomic E-state index is -0.205. The van der Waals surface area contributed by atoms with Gasteiger partial charge in [-0.15, -0.1) is 0 Å². The van der Waals surface area contributed by atoms with Crippen LogP contribution in [0.1, 0.15) is 39.5 Å². The van der Waals surface area contributed by atoms with Crippen LogP contribution in [-0.2, 0) is 9.53 Å². The summed E-state index contributed by atoms with van der Waals surface area (Å²) in [6, 6.07) is 0.338. The number of carbonyl (C=O) groups is 1. The Labute approximate surface area is 103 Å². The minimum Gasteiger partial charge on any atom is -0.365 e. The fourth-order valence-electron chi connectivity index (χ4n) is 2.85. The van der Waals surface area contributed by atoms with Gasteiger partial charge in [-0.25, -0.2) is 0 Å². The second kappa shape index (κ2) is 5.36. The molecule has 0 aromatic rings. The third kappa shape index (κ3) is 2.80. The maximum absolute atomic E-state index is 12.4. The number of piperidine rings is 1. The van der Waals surface area contributed by atoms with Gasteiger partial charge in [0.25, 0.3) is 5.91 Å². The lowest BCUT2D eigenvalue weighted by Gasteiger charge is -2.38. The average molecular weight is 240 g/mol. The summed E-state index contributed by atoms with van der Waals surface area (Å²) in [5.41, 5.74) is 5.72. The van der Waals surface area contributed by atoms with Crippen LogP contribution in [0, 0.1) is 5.92 Å². The summed E-state index contributed by atoms with van der Waals surface area (Å²) >= 11 is 0. The fourth-order valence-corrected chi connectivity index (χ4v) is 2.85. The molecule has 2 saturated heterocycles. The number of likely N-dealkylation sites (tertiary alicyclic amines) is 1. The van der Waals surface area contributed by atoms with Crippen LogP contribution < -0.4 is 5.73 Å². The summed E-state index contributed by atoms with van der Waals surface area (Å²) in [4.78, 5) is 14.4. The molecule has 98 valence electrons. The van der Waals surface area contributed by atoms with E-state index in [1.165, 1.54) is 0 Å². The van der Waals surface area contributed by atoms with Crippen molar-refractivity contribution in [1.82, 2.24) is 4.90 Å². The zero-order valence-corrected chi connectivity index (χ0v) is 10.9. The maximum Gasteiger partial charge on any atom is 0.251 e. The van der Waals surface area contributed by atoms with Crippen LogP contribution in [0.5, 0.6) is 0 Å². The highest BCUT2D eigenvalue weighted by Gasteiger charge is 2.36. The van der Waals surface area contributed by atoms with E-state index >= 15 is 0 Å². The predicted molar refractivity (Wildman–Crippen MR) is 66.5 cm³/mol. The van der Waals surface area contributed by atoms with E-state index in [0.29, 0.717) is 18.5 Å². The first-order chi connectivity index (χ1) is 8.11. The van der Waals surface area contributed by atoms with Gasteiger partial charge in [-0.3, -0.25) is 4.79 Å². The Morgan fingerprint density at radius 2 is 2.06 bits per heavy atom. The van der Waals surface area contributed by atoms with Gasteiger partial charge in [-0.05, 0) is 52.0 Å². The van der Waals surface area contributed by atoms with Crippen molar-refractivity contribution in [3.05, 3.63) is 0 Å². The molecule has 4 nitrogen and oxygen atoms in total. The number of ether oxygens (including phenoxy) is 1. The Kier molecular flexibility index (Phi) is 4.05. The second-order valence-electron chi connectivity index (χ2n) is 5.53. The van der Waals surface area contributed by atoms with Gasteiger partial charge in [0.05, 0.1) is 6.10 Å². The lowest BCUT2D eigenvalue weighted by molar-refractivity contribution is -0.147. The molecule has 4 unspecified atom stereocenters. The Morgan fingerprint density at radius 1 is 1.29 bits per heavy atom. The summed E-state index contributed by atoms with van der Waals surface area (Å²) in [7, 11) is 0. The van der Waals surface area contributed by atoms with Crippen molar-refractivity contribution in [2.75, 3.05) is 13.1 Å². The van der Waals surface area contributed by atoms with Crippen LogP contribution >= 0.6 is 0 Å². The number of nitrogens with zero attached hydrogens (tertiary/aromatic N) is 1.